The summed E-state index contributed by atoms with van der Waals surface area (Å²) in [4.78, 5) is 19.4. The summed E-state index contributed by atoms with van der Waals surface area (Å²) in [6.07, 6.45) is 2.39. The van der Waals surface area contributed by atoms with Crippen LogP contribution in [0.1, 0.15) is 41.3 Å². The van der Waals surface area contributed by atoms with Crippen LogP contribution in [0.25, 0.3) is 0 Å². The summed E-state index contributed by atoms with van der Waals surface area (Å²) in [6.45, 7) is 3.18. The highest BCUT2D eigenvalue weighted by atomic mass is 35.5. The number of nitrogens with one attached hydrogen (secondary N) is 1. The SMILES string of the molecule is COc1ccc(CNc2nc(Cl)cc3c2C(=O)N(C(C)C2CC2)C3)c(OC)c1. The molecule has 1 amide bonds. The van der Waals surface area contributed by atoms with E-state index in [2.05, 4.69) is 17.2 Å². The van der Waals surface area contributed by atoms with Gasteiger partial charge in [-0.25, -0.2) is 4.98 Å². The van der Waals surface area contributed by atoms with E-state index in [1.165, 1.54) is 12.8 Å². The number of aromatic nitrogens is 1. The number of hydrogen-bond donors (Lipinski definition) is 1. The molecule has 0 radical (unpaired) electrons. The molecule has 148 valence electrons. The Kier molecular flexibility index (Phi) is 5.06. The molecule has 0 spiro atoms. The number of carbonyl (C=O) groups is 1. The quantitative estimate of drug-likeness (QED) is 0.707. The summed E-state index contributed by atoms with van der Waals surface area (Å²) >= 11 is 6.24. The number of benzene rings is 1. The lowest BCUT2D eigenvalue weighted by atomic mass is 10.1. The Morgan fingerprint density at radius 2 is 2.07 bits per heavy atom. The lowest BCUT2D eigenvalue weighted by molar-refractivity contribution is 0.0698. The molecule has 1 aromatic heterocycles. The maximum atomic E-state index is 13.1. The predicted octanol–water partition coefficient (Wildman–Crippen LogP) is 4.12. The van der Waals surface area contributed by atoms with Crippen LogP contribution in [0.5, 0.6) is 11.5 Å². The number of ether oxygens (including phenoxy) is 2. The number of anilines is 1. The van der Waals surface area contributed by atoms with E-state index in [0.29, 0.717) is 41.3 Å². The van der Waals surface area contributed by atoms with E-state index in [4.69, 9.17) is 21.1 Å². The van der Waals surface area contributed by atoms with Gasteiger partial charge in [-0.15, -0.1) is 0 Å². The van der Waals surface area contributed by atoms with Crippen LogP contribution >= 0.6 is 11.6 Å². The van der Waals surface area contributed by atoms with E-state index in [1.807, 2.05) is 23.1 Å². The van der Waals surface area contributed by atoms with E-state index in [1.54, 1.807) is 20.3 Å². The van der Waals surface area contributed by atoms with E-state index in [9.17, 15) is 4.79 Å². The third-order valence-corrected chi connectivity index (χ3v) is 5.82. The first kappa shape index (κ1) is 18.9. The highest BCUT2D eigenvalue weighted by molar-refractivity contribution is 6.29. The number of amides is 1. The lowest BCUT2D eigenvalue weighted by Gasteiger charge is -2.24. The van der Waals surface area contributed by atoms with E-state index in [0.717, 1.165) is 16.9 Å². The van der Waals surface area contributed by atoms with Gasteiger partial charge in [-0.1, -0.05) is 11.6 Å². The number of halogens is 1. The molecule has 1 aliphatic carbocycles. The van der Waals surface area contributed by atoms with Crippen molar-refractivity contribution in [3.8, 4) is 11.5 Å². The van der Waals surface area contributed by atoms with Gasteiger partial charge in [0.05, 0.1) is 19.8 Å². The number of nitrogens with zero attached hydrogens (tertiary/aromatic N) is 2. The monoisotopic (exact) mass is 401 g/mol. The molecule has 0 saturated heterocycles. The minimum absolute atomic E-state index is 0.0303. The molecule has 1 N–H and O–H groups in total. The Morgan fingerprint density at radius 1 is 1.29 bits per heavy atom. The molecule has 28 heavy (non-hydrogen) atoms. The first-order valence-corrected chi connectivity index (χ1v) is 9.84. The number of methoxy groups -OCH3 is 2. The molecular weight excluding hydrogens is 378 g/mol. The summed E-state index contributed by atoms with van der Waals surface area (Å²) in [5, 5.41) is 3.67. The van der Waals surface area contributed by atoms with Gasteiger partial charge in [-0.05, 0) is 49.4 Å². The van der Waals surface area contributed by atoms with Crippen molar-refractivity contribution in [3.63, 3.8) is 0 Å². The zero-order chi connectivity index (χ0) is 19.8. The van der Waals surface area contributed by atoms with Crippen LogP contribution in [0.15, 0.2) is 24.3 Å². The second kappa shape index (κ2) is 7.51. The first-order valence-electron chi connectivity index (χ1n) is 9.47. The predicted molar refractivity (Wildman–Crippen MR) is 108 cm³/mol. The smallest absolute Gasteiger partial charge is 0.258 e. The second-order valence-electron chi connectivity index (χ2n) is 7.37. The molecule has 1 aromatic carbocycles. The minimum atomic E-state index is 0.0303. The maximum Gasteiger partial charge on any atom is 0.258 e. The van der Waals surface area contributed by atoms with Crippen LogP contribution in [-0.4, -0.2) is 36.1 Å². The summed E-state index contributed by atoms with van der Waals surface area (Å²) < 4.78 is 10.7. The number of carbonyl (C=O) groups excluding carboxylic acids is 1. The van der Waals surface area contributed by atoms with Gasteiger partial charge in [0.2, 0.25) is 0 Å². The van der Waals surface area contributed by atoms with Gasteiger partial charge in [0, 0.05) is 30.8 Å². The molecule has 2 aromatic rings. The molecule has 1 saturated carbocycles. The van der Waals surface area contributed by atoms with Gasteiger partial charge in [0.15, 0.2) is 0 Å². The van der Waals surface area contributed by atoms with Crippen molar-refractivity contribution in [1.82, 2.24) is 9.88 Å². The Labute approximate surface area is 169 Å². The molecule has 1 atom stereocenters. The second-order valence-corrected chi connectivity index (χ2v) is 7.76. The number of pyridine rings is 1. The zero-order valence-electron chi connectivity index (χ0n) is 16.3. The Bertz CT molecular complexity index is 914. The van der Waals surface area contributed by atoms with Crippen LogP contribution in [0.4, 0.5) is 5.82 Å². The van der Waals surface area contributed by atoms with Crippen LogP contribution in [0.2, 0.25) is 5.15 Å². The Balaban J connectivity index is 1.58. The van der Waals surface area contributed by atoms with Crippen molar-refractivity contribution in [2.75, 3.05) is 19.5 Å². The van der Waals surface area contributed by atoms with E-state index < -0.39 is 0 Å². The number of hydrogen-bond acceptors (Lipinski definition) is 5. The average Bonchev–Trinajstić information content (AvgIpc) is 3.49. The topological polar surface area (TPSA) is 63.7 Å². The lowest BCUT2D eigenvalue weighted by Crippen LogP contribution is -2.34. The van der Waals surface area contributed by atoms with Crippen molar-refractivity contribution in [2.24, 2.45) is 5.92 Å². The third-order valence-electron chi connectivity index (χ3n) is 5.62. The third kappa shape index (κ3) is 3.49. The fourth-order valence-corrected chi connectivity index (χ4v) is 4.01. The number of rotatable bonds is 7. The molecule has 1 aliphatic heterocycles. The van der Waals surface area contributed by atoms with Gasteiger partial charge < -0.3 is 19.7 Å². The normalized spacial score (nSPS) is 16.7. The van der Waals surface area contributed by atoms with E-state index >= 15 is 0 Å². The maximum absolute atomic E-state index is 13.1. The Hall–Kier alpha value is -2.47. The van der Waals surface area contributed by atoms with Crippen LogP contribution in [0, 0.1) is 5.92 Å². The highest BCUT2D eigenvalue weighted by Crippen LogP contribution is 2.40. The molecule has 7 heteroatoms. The van der Waals surface area contributed by atoms with Crippen molar-refractivity contribution >= 4 is 23.3 Å². The minimum Gasteiger partial charge on any atom is -0.497 e. The fourth-order valence-electron chi connectivity index (χ4n) is 3.79. The molecule has 2 heterocycles. The van der Waals surface area contributed by atoms with Gasteiger partial charge in [-0.2, -0.15) is 0 Å². The largest absolute Gasteiger partial charge is 0.497 e. The molecule has 2 aliphatic rings. The van der Waals surface area contributed by atoms with Crippen molar-refractivity contribution < 1.29 is 14.3 Å². The van der Waals surface area contributed by atoms with Gasteiger partial charge in [0.25, 0.3) is 5.91 Å². The highest BCUT2D eigenvalue weighted by Gasteiger charge is 2.40. The first-order chi connectivity index (χ1) is 13.5. The summed E-state index contributed by atoms with van der Waals surface area (Å²) in [5.41, 5.74) is 2.50. The summed E-state index contributed by atoms with van der Waals surface area (Å²) in [5.74, 6) is 2.60. The summed E-state index contributed by atoms with van der Waals surface area (Å²) in [6, 6.07) is 7.68. The van der Waals surface area contributed by atoms with Crippen LogP contribution < -0.4 is 14.8 Å². The Morgan fingerprint density at radius 3 is 2.75 bits per heavy atom. The molecule has 6 nitrogen and oxygen atoms in total. The van der Waals surface area contributed by atoms with Gasteiger partial charge in [-0.3, -0.25) is 4.79 Å². The van der Waals surface area contributed by atoms with Crippen LogP contribution in [-0.2, 0) is 13.1 Å². The summed E-state index contributed by atoms with van der Waals surface area (Å²) in [7, 11) is 3.24. The van der Waals surface area contributed by atoms with Crippen molar-refractivity contribution in [2.45, 2.75) is 38.9 Å². The molecule has 4 rings (SSSR count). The molecule has 1 unspecified atom stereocenters. The van der Waals surface area contributed by atoms with Crippen molar-refractivity contribution in [3.05, 3.63) is 46.1 Å². The van der Waals surface area contributed by atoms with Gasteiger partial charge >= 0.3 is 0 Å². The molecule has 1 fully saturated rings. The zero-order valence-corrected chi connectivity index (χ0v) is 17.0. The van der Waals surface area contributed by atoms with E-state index in [-0.39, 0.29) is 11.9 Å². The standard InChI is InChI=1S/C21H24ClN3O3/c1-12(13-4-5-13)25-11-15-8-18(22)24-20(19(15)21(25)26)23-10-14-6-7-16(27-2)9-17(14)28-3/h6-9,12-13H,4-5,10-11H2,1-3H3,(H,23,24). The number of fused-ring (bicyclic) bond motifs is 1. The average molecular weight is 402 g/mol. The van der Waals surface area contributed by atoms with Crippen LogP contribution in [0.3, 0.4) is 0 Å². The molecule has 0 bridgehead atoms. The molecular formula is C21H24ClN3O3. The van der Waals surface area contributed by atoms with Crippen molar-refractivity contribution in [1.29, 1.82) is 0 Å². The fraction of sp³-hybridized carbons (Fsp3) is 0.429. The van der Waals surface area contributed by atoms with Gasteiger partial charge in [0.1, 0.15) is 22.5 Å².